The summed E-state index contributed by atoms with van der Waals surface area (Å²) in [5.74, 6) is -0.481. The van der Waals surface area contributed by atoms with Crippen LogP contribution in [0, 0.1) is 5.92 Å². The first-order valence-corrected chi connectivity index (χ1v) is 8.36. The molecule has 0 spiro atoms. The summed E-state index contributed by atoms with van der Waals surface area (Å²) in [5.41, 5.74) is 7.30. The lowest BCUT2D eigenvalue weighted by molar-refractivity contribution is -0.149. The average Bonchev–Trinajstić information content (AvgIpc) is 3.11. The first-order chi connectivity index (χ1) is 12.1. The van der Waals surface area contributed by atoms with E-state index in [0.29, 0.717) is 36.8 Å². The van der Waals surface area contributed by atoms with E-state index in [0.717, 1.165) is 12.8 Å². The molecule has 132 valence electrons. The third-order valence-electron chi connectivity index (χ3n) is 4.24. The Morgan fingerprint density at radius 3 is 2.96 bits per heavy atom. The number of carbonyl (C=O) groups is 2. The van der Waals surface area contributed by atoms with Crippen LogP contribution >= 0.6 is 0 Å². The highest BCUT2D eigenvalue weighted by Crippen LogP contribution is 2.26. The van der Waals surface area contributed by atoms with Gasteiger partial charge in [0.1, 0.15) is 6.26 Å². The third kappa shape index (κ3) is 3.65. The van der Waals surface area contributed by atoms with Crippen LogP contribution in [-0.2, 0) is 9.53 Å². The first-order valence-electron chi connectivity index (χ1n) is 8.36. The number of oxazole rings is 1. The van der Waals surface area contributed by atoms with Gasteiger partial charge in [-0.2, -0.15) is 0 Å². The molecule has 2 aromatic rings. The molecule has 0 aliphatic carbocycles. The van der Waals surface area contributed by atoms with Gasteiger partial charge in [-0.05, 0) is 31.9 Å². The molecule has 0 bridgehead atoms. The average molecular weight is 343 g/mol. The van der Waals surface area contributed by atoms with E-state index >= 15 is 0 Å². The van der Waals surface area contributed by atoms with Gasteiger partial charge in [0.25, 0.3) is 5.91 Å². The Hall–Kier alpha value is -2.83. The molecule has 7 heteroatoms. The zero-order valence-corrected chi connectivity index (χ0v) is 14.1. The fraction of sp³-hybridized carbons (Fsp3) is 0.389. The van der Waals surface area contributed by atoms with E-state index in [4.69, 9.17) is 14.9 Å². The molecule has 1 amide bonds. The number of likely N-dealkylation sites (tertiary alicyclic amines) is 1. The van der Waals surface area contributed by atoms with Crippen LogP contribution in [0.4, 0.5) is 5.69 Å². The van der Waals surface area contributed by atoms with Crippen molar-refractivity contribution < 1.29 is 18.7 Å². The van der Waals surface area contributed by atoms with E-state index < -0.39 is 0 Å². The minimum atomic E-state index is -0.284. The van der Waals surface area contributed by atoms with Gasteiger partial charge in [0.05, 0.1) is 18.1 Å². The van der Waals surface area contributed by atoms with Crippen molar-refractivity contribution in [1.82, 2.24) is 9.88 Å². The molecule has 1 fully saturated rings. The molecular weight excluding hydrogens is 322 g/mol. The van der Waals surface area contributed by atoms with Gasteiger partial charge in [-0.15, -0.1) is 0 Å². The number of anilines is 1. The molecule has 0 radical (unpaired) electrons. The van der Waals surface area contributed by atoms with Crippen molar-refractivity contribution in [1.29, 1.82) is 0 Å². The number of hydrogen-bond acceptors (Lipinski definition) is 6. The van der Waals surface area contributed by atoms with Crippen molar-refractivity contribution in [2.75, 3.05) is 25.4 Å². The van der Waals surface area contributed by atoms with Crippen LogP contribution < -0.4 is 5.73 Å². The number of nitrogens with two attached hydrogens (primary N) is 1. The topological polar surface area (TPSA) is 98.7 Å². The molecule has 1 aromatic heterocycles. The fourth-order valence-electron chi connectivity index (χ4n) is 2.96. The molecule has 7 nitrogen and oxygen atoms in total. The summed E-state index contributed by atoms with van der Waals surface area (Å²) in [5, 5.41) is 0. The van der Waals surface area contributed by atoms with Crippen LogP contribution in [-0.4, -0.2) is 41.5 Å². The monoisotopic (exact) mass is 343 g/mol. The van der Waals surface area contributed by atoms with E-state index in [9.17, 15) is 9.59 Å². The number of hydrogen-bond donors (Lipinski definition) is 1. The normalized spacial score (nSPS) is 17.3. The molecule has 0 saturated carbocycles. The van der Waals surface area contributed by atoms with Gasteiger partial charge in [-0.1, -0.05) is 12.1 Å². The van der Waals surface area contributed by atoms with Crippen LogP contribution in [0.2, 0.25) is 0 Å². The zero-order valence-electron chi connectivity index (χ0n) is 14.1. The maximum absolute atomic E-state index is 12.7. The summed E-state index contributed by atoms with van der Waals surface area (Å²) in [6, 6.07) is 7.17. The highest BCUT2D eigenvalue weighted by Gasteiger charge is 2.31. The van der Waals surface area contributed by atoms with Crippen molar-refractivity contribution in [3.05, 3.63) is 36.2 Å². The number of benzene rings is 1. The summed E-state index contributed by atoms with van der Waals surface area (Å²) >= 11 is 0. The van der Waals surface area contributed by atoms with E-state index in [2.05, 4.69) is 4.98 Å². The molecular formula is C18H21N3O4. The minimum Gasteiger partial charge on any atom is -0.466 e. The van der Waals surface area contributed by atoms with Crippen LogP contribution in [0.25, 0.3) is 11.5 Å². The standard InChI is InChI=1S/C18H21N3O4/c1-2-24-18(23)12-6-5-9-21(10-12)17(22)15-11-25-16(20-15)13-7-3-4-8-14(13)19/h3-4,7-8,11-12H,2,5-6,9-10,19H2,1H3. The number of aromatic nitrogens is 1. The molecule has 1 saturated heterocycles. The number of carbonyl (C=O) groups excluding carboxylic acids is 2. The van der Waals surface area contributed by atoms with Crippen molar-refractivity contribution in [2.45, 2.75) is 19.8 Å². The van der Waals surface area contributed by atoms with Crippen LogP contribution in [0.1, 0.15) is 30.3 Å². The van der Waals surface area contributed by atoms with Crippen molar-refractivity contribution in [2.24, 2.45) is 5.92 Å². The molecule has 2 heterocycles. The van der Waals surface area contributed by atoms with Crippen molar-refractivity contribution in [3.8, 4) is 11.5 Å². The molecule has 1 aromatic carbocycles. The van der Waals surface area contributed by atoms with Gasteiger partial charge in [-0.3, -0.25) is 9.59 Å². The lowest BCUT2D eigenvalue weighted by Crippen LogP contribution is -2.42. The number of ether oxygens (including phenoxy) is 1. The second-order valence-corrected chi connectivity index (χ2v) is 5.97. The molecule has 25 heavy (non-hydrogen) atoms. The summed E-state index contributed by atoms with van der Waals surface area (Å²) in [6.45, 7) is 3.04. The number of piperidine rings is 1. The second-order valence-electron chi connectivity index (χ2n) is 5.97. The summed E-state index contributed by atoms with van der Waals surface area (Å²) in [4.78, 5) is 30.5. The Morgan fingerprint density at radius 2 is 2.20 bits per heavy atom. The van der Waals surface area contributed by atoms with Gasteiger partial charge < -0.3 is 19.8 Å². The molecule has 1 aliphatic rings. The number of amides is 1. The molecule has 1 aliphatic heterocycles. The highest BCUT2D eigenvalue weighted by atomic mass is 16.5. The van der Waals surface area contributed by atoms with Gasteiger partial charge in [0, 0.05) is 18.8 Å². The maximum Gasteiger partial charge on any atom is 0.310 e. The number of para-hydroxylation sites is 1. The summed E-state index contributed by atoms with van der Waals surface area (Å²) in [7, 11) is 0. The Kier molecular flexibility index (Phi) is 5.02. The Balaban J connectivity index is 1.73. The largest absolute Gasteiger partial charge is 0.466 e. The second kappa shape index (κ2) is 7.38. The van der Waals surface area contributed by atoms with Crippen LogP contribution in [0.5, 0.6) is 0 Å². The van der Waals surface area contributed by atoms with Crippen molar-refractivity contribution in [3.63, 3.8) is 0 Å². The lowest BCUT2D eigenvalue weighted by atomic mass is 9.98. The maximum atomic E-state index is 12.7. The van der Waals surface area contributed by atoms with Gasteiger partial charge in [0.2, 0.25) is 5.89 Å². The number of nitrogens with zero attached hydrogens (tertiary/aromatic N) is 2. The first kappa shape index (κ1) is 17.0. The zero-order chi connectivity index (χ0) is 17.8. The minimum absolute atomic E-state index is 0.211. The smallest absolute Gasteiger partial charge is 0.310 e. The Bertz CT molecular complexity index is 771. The van der Waals surface area contributed by atoms with Crippen LogP contribution in [0.3, 0.4) is 0 Å². The SMILES string of the molecule is CCOC(=O)C1CCCN(C(=O)c2coc(-c3ccccc3N)n2)C1. The van der Waals surface area contributed by atoms with E-state index in [1.165, 1.54) is 6.26 Å². The van der Waals surface area contributed by atoms with Gasteiger partial charge in [-0.25, -0.2) is 4.98 Å². The van der Waals surface area contributed by atoms with Crippen LogP contribution in [0.15, 0.2) is 34.9 Å². The lowest BCUT2D eigenvalue weighted by Gasteiger charge is -2.30. The van der Waals surface area contributed by atoms with E-state index in [1.54, 1.807) is 24.0 Å². The highest BCUT2D eigenvalue weighted by molar-refractivity contribution is 5.93. The number of nitrogen functional groups attached to an aromatic ring is 1. The Labute approximate surface area is 145 Å². The van der Waals surface area contributed by atoms with E-state index in [1.807, 2.05) is 12.1 Å². The van der Waals surface area contributed by atoms with E-state index in [-0.39, 0.29) is 23.5 Å². The summed E-state index contributed by atoms with van der Waals surface area (Å²) in [6.07, 6.45) is 2.82. The van der Waals surface area contributed by atoms with Crippen molar-refractivity contribution >= 4 is 17.6 Å². The predicted octanol–water partition coefficient (Wildman–Crippen LogP) is 2.34. The molecule has 3 rings (SSSR count). The van der Waals surface area contributed by atoms with Gasteiger partial charge in [0.15, 0.2) is 5.69 Å². The fourth-order valence-corrected chi connectivity index (χ4v) is 2.96. The molecule has 1 unspecified atom stereocenters. The number of rotatable bonds is 4. The molecule has 2 N–H and O–H groups in total. The Morgan fingerprint density at radius 1 is 1.40 bits per heavy atom. The van der Waals surface area contributed by atoms with Gasteiger partial charge >= 0.3 is 5.97 Å². The third-order valence-corrected chi connectivity index (χ3v) is 4.24. The summed E-state index contributed by atoms with van der Waals surface area (Å²) < 4.78 is 10.5. The quantitative estimate of drug-likeness (QED) is 0.676. The number of esters is 1. The molecule has 1 atom stereocenters. The predicted molar refractivity (Wildman–Crippen MR) is 91.6 cm³/mol.